The van der Waals surface area contributed by atoms with E-state index < -0.39 is 0 Å². The number of H-pyrrole nitrogens is 1. The molecule has 164 valence electrons. The molecule has 8 heteroatoms. The van der Waals surface area contributed by atoms with E-state index in [0.29, 0.717) is 29.5 Å². The summed E-state index contributed by atoms with van der Waals surface area (Å²) in [7, 11) is 0. The molecule has 0 saturated carbocycles. The Morgan fingerprint density at radius 3 is 2.34 bits per heavy atom. The molecule has 1 fully saturated rings. The number of nitrogens with two attached hydrogens (primary N) is 1. The highest BCUT2D eigenvalue weighted by Crippen LogP contribution is 2.24. The monoisotopic (exact) mass is 431 g/mol. The van der Waals surface area contributed by atoms with Crippen LogP contribution in [0.2, 0.25) is 0 Å². The number of fused-ring (bicyclic) bond motifs is 1. The summed E-state index contributed by atoms with van der Waals surface area (Å²) in [5.41, 5.74) is 8.88. The standard InChI is InChI=1S/C24H25N5O3/c1-15-26-22(25)21-23(27-15)29(24(30)28-21)12-17-6-10-20(11-7-17)32-19-8-4-16(5-9-19)2-3-18-13-31-14-18/h4-11,18H,2-3,12-14H2,1H3,(H,28,30)(H2,25,26,27). The molecule has 5 rings (SSSR count). The van der Waals surface area contributed by atoms with Crippen molar-refractivity contribution in [1.29, 1.82) is 0 Å². The van der Waals surface area contributed by atoms with E-state index in [1.165, 1.54) is 12.0 Å². The number of aromatic nitrogens is 4. The first-order valence-electron chi connectivity index (χ1n) is 10.7. The molecule has 1 saturated heterocycles. The fraction of sp³-hybridized carbons (Fsp3) is 0.292. The van der Waals surface area contributed by atoms with Crippen LogP contribution in [0.1, 0.15) is 23.4 Å². The first-order valence-corrected chi connectivity index (χ1v) is 10.7. The van der Waals surface area contributed by atoms with Gasteiger partial charge in [-0.2, -0.15) is 0 Å². The highest BCUT2D eigenvalue weighted by Gasteiger charge is 2.17. The summed E-state index contributed by atoms with van der Waals surface area (Å²) in [5, 5.41) is 0. The van der Waals surface area contributed by atoms with E-state index in [-0.39, 0.29) is 11.5 Å². The van der Waals surface area contributed by atoms with Crippen LogP contribution in [0.5, 0.6) is 11.5 Å². The molecule has 0 atom stereocenters. The number of anilines is 1. The maximum atomic E-state index is 12.4. The highest BCUT2D eigenvalue weighted by molar-refractivity contribution is 5.81. The third-order valence-corrected chi connectivity index (χ3v) is 5.73. The van der Waals surface area contributed by atoms with Gasteiger partial charge in [0.15, 0.2) is 11.5 Å². The van der Waals surface area contributed by atoms with Crippen molar-refractivity contribution in [1.82, 2.24) is 19.5 Å². The number of nitrogen functional groups attached to an aromatic ring is 1. The van der Waals surface area contributed by atoms with E-state index >= 15 is 0 Å². The number of hydrogen-bond acceptors (Lipinski definition) is 6. The molecule has 3 N–H and O–H groups in total. The molecule has 0 bridgehead atoms. The number of nitrogens with one attached hydrogen (secondary N) is 1. The molecular weight excluding hydrogens is 406 g/mol. The maximum absolute atomic E-state index is 12.4. The number of imidazole rings is 1. The van der Waals surface area contributed by atoms with Crippen LogP contribution in [-0.2, 0) is 17.7 Å². The minimum absolute atomic E-state index is 0.267. The number of aromatic amines is 1. The minimum atomic E-state index is -0.267. The Labute approximate surface area is 185 Å². The van der Waals surface area contributed by atoms with E-state index in [9.17, 15) is 4.79 Å². The molecular formula is C24H25N5O3. The van der Waals surface area contributed by atoms with Crippen LogP contribution < -0.4 is 16.2 Å². The summed E-state index contributed by atoms with van der Waals surface area (Å²) in [6, 6.07) is 15.9. The molecule has 0 unspecified atom stereocenters. The van der Waals surface area contributed by atoms with Crippen LogP contribution in [0.15, 0.2) is 53.3 Å². The molecule has 32 heavy (non-hydrogen) atoms. The van der Waals surface area contributed by atoms with Gasteiger partial charge in [0.25, 0.3) is 0 Å². The van der Waals surface area contributed by atoms with Crippen molar-refractivity contribution in [2.45, 2.75) is 26.3 Å². The Hall–Kier alpha value is -3.65. The normalized spacial score (nSPS) is 13.9. The van der Waals surface area contributed by atoms with Crippen molar-refractivity contribution >= 4 is 17.0 Å². The van der Waals surface area contributed by atoms with Gasteiger partial charge in [0.1, 0.15) is 22.8 Å². The lowest BCUT2D eigenvalue weighted by Crippen LogP contribution is -2.27. The summed E-state index contributed by atoms with van der Waals surface area (Å²) >= 11 is 0. The minimum Gasteiger partial charge on any atom is -0.457 e. The van der Waals surface area contributed by atoms with Crippen LogP contribution in [0.25, 0.3) is 11.2 Å². The van der Waals surface area contributed by atoms with Crippen molar-refractivity contribution in [2.24, 2.45) is 5.92 Å². The molecule has 0 spiro atoms. The van der Waals surface area contributed by atoms with Gasteiger partial charge in [0, 0.05) is 5.92 Å². The predicted molar refractivity (Wildman–Crippen MR) is 122 cm³/mol. The molecule has 0 radical (unpaired) electrons. The highest BCUT2D eigenvalue weighted by atomic mass is 16.5. The molecule has 1 aliphatic heterocycles. The van der Waals surface area contributed by atoms with Crippen LogP contribution in [0, 0.1) is 12.8 Å². The van der Waals surface area contributed by atoms with E-state index in [1.54, 1.807) is 11.5 Å². The van der Waals surface area contributed by atoms with Crippen LogP contribution >= 0.6 is 0 Å². The Balaban J connectivity index is 1.25. The fourth-order valence-corrected chi connectivity index (χ4v) is 3.84. The fourth-order valence-electron chi connectivity index (χ4n) is 3.84. The van der Waals surface area contributed by atoms with Crippen molar-refractivity contribution in [3.8, 4) is 11.5 Å². The number of nitrogens with zero attached hydrogens (tertiary/aromatic N) is 3. The summed E-state index contributed by atoms with van der Waals surface area (Å²) in [6.45, 7) is 3.91. The van der Waals surface area contributed by atoms with Gasteiger partial charge in [-0.3, -0.25) is 4.57 Å². The molecule has 4 aromatic rings. The van der Waals surface area contributed by atoms with Crippen molar-refractivity contribution < 1.29 is 9.47 Å². The van der Waals surface area contributed by atoms with Crippen LogP contribution in [-0.4, -0.2) is 32.7 Å². The summed E-state index contributed by atoms with van der Waals surface area (Å²) < 4.78 is 12.8. The lowest BCUT2D eigenvalue weighted by atomic mass is 9.98. The molecule has 0 amide bonds. The van der Waals surface area contributed by atoms with Crippen molar-refractivity contribution in [2.75, 3.05) is 18.9 Å². The van der Waals surface area contributed by atoms with E-state index in [2.05, 4.69) is 27.1 Å². The summed E-state index contributed by atoms with van der Waals surface area (Å²) in [4.78, 5) is 23.6. The smallest absolute Gasteiger partial charge is 0.328 e. The second-order valence-electron chi connectivity index (χ2n) is 8.20. The van der Waals surface area contributed by atoms with Gasteiger partial charge >= 0.3 is 5.69 Å². The molecule has 8 nitrogen and oxygen atoms in total. The molecule has 1 aliphatic rings. The lowest BCUT2D eigenvalue weighted by Gasteiger charge is -2.25. The number of benzene rings is 2. The SMILES string of the molecule is Cc1nc(N)c2[nH]c(=O)n(Cc3ccc(Oc4ccc(CCC5COC5)cc4)cc3)c2n1. The molecule has 2 aromatic carbocycles. The topological polar surface area (TPSA) is 108 Å². The van der Waals surface area contributed by atoms with Crippen LogP contribution in [0.4, 0.5) is 5.82 Å². The average molecular weight is 431 g/mol. The predicted octanol–water partition coefficient (Wildman–Crippen LogP) is 3.43. The van der Waals surface area contributed by atoms with Gasteiger partial charge in [0.2, 0.25) is 0 Å². The molecule has 3 heterocycles. The quantitative estimate of drug-likeness (QED) is 0.464. The molecule has 2 aromatic heterocycles. The Morgan fingerprint density at radius 1 is 1.06 bits per heavy atom. The van der Waals surface area contributed by atoms with Gasteiger partial charge in [-0.25, -0.2) is 14.8 Å². The van der Waals surface area contributed by atoms with E-state index in [1.807, 2.05) is 36.4 Å². The van der Waals surface area contributed by atoms with Gasteiger partial charge in [-0.15, -0.1) is 0 Å². The third-order valence-electron chi connectivity index (χ3n) is 5.73. The van der Waals surface area contributed by atoms with Crippen molar-refractivity contribution in [3.05, 3.63) is 76.0 Å². The van der Waals surface area contributed by atoms with E-state index in [4.69, 9.17) is 15.2 Å². The van der Waals surface area contributed by atoms with Crippen molar-refractivity contribution in [3.63, 3.8) is 0 Å². The molecule has 0 aliphatic carbocycles. The number of aryl methyl sites for hydroxylation is 2. The second kappa shape index (κ2) is 8.47. The van der Waals surface area contributed by atoms with E-state index in [0.717, 1.165) is 36.7 Å². The first kappa shape index (κ1) is 20.3. The maximum Gasteiger partial charge on any atom is 0.328 e. The van der Waals surface area contributed by atoms with Gasteiger partial charge < -0.3 is 20.2 Å². The van der Waals surface area contributed by atoms with Crippen LogP contribution in [0.3, 0.4) is 0 Å². The largest absolute Gasteiger partial charge is 0.457 e. The first-order chi connectivity index (χ1) is 15.5. The lowest BCUT2D eigenvalue weighted by molar-refractivity contribution is -0.0352. The average Bonchev–Trinajstić information content (AvgIpc) is 3.05. The number of hydrogen-bond donors (Lipinski definition) is 2. The zero-order valence-electron chi connectivity index (χ0n) is 17.9. The van der Waals surface area contributed by atoms with Gasteiger partial charge in [-0.1, -0.05) is 24.3 Å². The summed E-state index contributed by atoms with van der Waals surface area (Å²) in [6.07, 6.45) is 2.23. The zero-order chi connectivity index (χ0) is 22.1. The third kappa shape index (κ3) is 4.22. The summed E-state index contributed by atoms with van der Waals surface area (Å²) in [5.74, 6) is 3.04. The number of ether oxygens (including phenoxy) is 2. The number of rotatable bonds is 7. The Morgan fingerprint density at radius 2 is 1.72 bits per heavy atom. The Kier molecular flexibility index (Phi) is 5.36. The Bertz CT molecular complexity index is 1290. The zero-order valence-corrected chi connectivity index (χ0v) is 17.9. The van der Waals surface area contributed by atoms with Gasteiger partial charge in [-0.05, 0) is 55.2 Å². The second-order valence-corrected chi connectivity index (χ2v) is 8.20. The van der Waals surface area contributed by atoms with Gasteiger partial charge in [0.05, 0.1) is 19.8 Å².